The number of rotatable bonds is 3. The molecule has 12 heavy (non-hydrogen) atoms. The van der Waals surface area contributed by atoms with Crippen LogP contribution in [0.2, 0.25) is 0 Å². The van der Waals surface area contributed by atoms with Gasteiger partial charge in [-0.1, -0.05) is 34.6 Å². The topological polar surface area (TPSA) is 32.3 Å². The van der Waals surface area contributed by atoms with Gasteiger partial charge in [0.05, 0.1) is 6.10 Å². The Hall–Kier alpha value is -0.0800. The smallest absolute Gasteiger partial charge is 0.0509 e. The van der Waals surface area contributed by atoms with Gasteiger partial charge >= 0.3 is 0 Å². The summed E-state index contributed by atoms with van der Waals surface area (Å²) < 4.78 is 0. The Morgan fingerprint density at radius 2 is 1.25 bits per heavy atom. The monoisotopic (exact) mass is 175 g/mol. The lowest BCUT2D eigenvalue weighted by Gasteiger charge is -2.10. The summed E-state index contributed by atoms with van der Waals surface area (Å²) in [7, 11) is 0. The third-order valence-electron chi connectivity index (χ3n) is 1.26. The second-order valence-corrected chi connectivity index (χ2v) is 3.73. The Bertz CT molecular complexity index is 73.9. The van der Waals surface area contributed by atoms with Crippen LogP contribution in [0.4, 0.5) is 0 Å². The quantitative estimate of drug-likeness (QED) is 0.689. The van der Waals surface area contributed by atoms with Crippen LogP contribution in [0, 0.1) is 0 Å². The molecule has 0 spiro atoms. The van der Waals surface area contributed by atoms with E-state index in [4.69, 9.17) is 5.11 Å². The summed E-state index contributed by atoms with van der Waals surface area (Å²) in [4.78, 5) is 0. The molecule has 0 saturated carbocycles. The molecule has 0 aromatic carbocycles. The van der Waals surface area contributed by atoms with Crippen molar-refractivity contribution in [1.29, 1.82) is 0 Å². The molecule has 0 saturated heterocycles. The molecule has 0 radical (unpaired) electrons. The minimum atomic E-state index is -0.116. The van der Waals surface area contributed by atoms with E-state index in [1.54, 1.807) is 6.92 Å². The summed E-state index contributed by atoms with van der Waals surface area (Å²) in [5, 5.41) is 11.7. The molecule has 0 aromatic rings. The maximum absolute atomic E-state index is 8.36. The highest BCUT2D eigenvalue weighted by Gasteiger charge is 1.92. The third-order valence-corrected chi connectivity index (χ3v) is 1.26. The zero-order valence-corrected chi connectivity index (χ0v) is 9.39. The van der Waals surface area contributed by atoms with Crippen molar-refractivity contribution in [1.82, 2.24) is 5.32 Å². The standard InChI is InChI=1S/C6H15N.C4H10O/c1-5(2)7-6(3)4;1-3-4(2)5/h5-7H,1-4H3;4-5H,3H2,1-2H3. The molecule has 2 N–H and O–H groups in total. The van der Waals surface area contributed by atoms with Gasteiger partial charge in [0, 0.05) is 12.1 Å². The van der Waals surface area contributed by atoms with Crippen LogP contribution in [0.3, 0.4) is 0 Å². The molecule has 0 bridgehead atoms. The van der Waals surface area contributed by atoms with Gasteiger partial charge in [-0.3, -0.25) is 0 Å². The van der Waals surface area contributed by atoms with Crippen LogP contribution in [0.25, 0.3) is 0 Å². The summed E-state index contributed by atoms with van der Waals surface area (Å²) in [5.41, 5.74) is 0. The lowest BCUT2D eigenvalue weighted by molar-refractivity contribution is 0.191. The molecule has 1 unspecified atom stereocenters. The normalized spacial score (nSPS) is 12.8. The molecule has 76 valence electrons. The van der Waals surface area contributed by atoms with Crippen molar-refractivity contribution in [2.45, 2.75) is 66.2 Å². The second-order valence-electron chi connectivity index (χ2n) is 3.73. The highest BCUT2D eigenvalue weighted by atomic mass is 16.3. The molecule has 0 aliphatic rings. The minimum absolute atomic E-state index is 0.116. The van der Waals surface area contributed by atoms with Crippen molar-refractivity contribution in [3.63, 3.8) is 0 Å². The van der Waals surface area contributed by atoms with Gasteiger partial charge in [-0.2, -0.15) is 0 Å². The Morgan fingerprint density at radius 1 is 1.00 bits per heavy atom. The van der Waals surface area contributed by atoms with E-state index in [-0.39, 0.29) is 6.10 Å². The first-order chi connectivity index (χ1) is 5.40. The average Bonchev–Trinajstić information content (AvgIpc) is 1.85. The SMILES string of the molecule is CC(C)NC(C)C.CCC(C)O. The van der Waals surface area contributed by atoms with Gasteiger partial charge in [0.1, 0.15) is 0 Å². The van der Waals surface area contributed by atoms with E-state index in [1.807, 2.05) is 6.92 Å². The van der Waals surface area contributed by atoms with E-state index >= 15 is 0 Å². The van der Waals surface area contributed by atoms with Crippen molar-refractivity contribution >= 4 is 0 Å². The predicted molar refractivity (Wildman–Crippen MR) is 55.4 cm³/mol. The van der Waals surface area contributed by atoms with Gasteiger partial charge in [0.2, 0.25) is 0 Å². The van der Waals surface area contributed by atoms with Crippen molar-refractivity contribution in [2.75, 3.05) is 0 Å². The van der Waals surface area contributed by atoms with Crippen LogP contribution in [0.1, 0.15) is 48.0 Å². The molecule has 0 aromatic heterocycles. The van der Waals surface area contributed by atoms with E-state index in [1.165, 1.54) is 0 Å². The van der Waals surface area contributed by atoms with Gasteiger partial charge in [-0.15, -0.1) is 0 Å². The highest BCUT2D eigenvalue weighted by molar-refractivity contribution is 4.55. The van der Waals surface area contributed by atoms with Gasteiger partial charge in [-0.25, -0.2) is 0 Å². The van der Waals surface area contributed by atoms with Crippen LogP contribution in [0.15, 0.2) is 0 Å². The Balaban J connectivity index is 0. The van der Waals surface area contributed by atoms with Crippen molar-refractivity contribution in [3.8, 4) is 0 Å². The molecule has 1 atom stereocenters. The molecule has 0 rings (SSSR count). The second kappa shape index (κ2) is 9.01. The van der Waals surface area contributed by atoms with Gasteiger partial charge in [0.15, 0.2) is 0 Å². The summed E-state index contributed by atoms with van der Waals surface area (Å²) in [5.74, 6) is 0. The Labute approximate surface area is 77.4 Å². The van der Waals surface area contributed by atoms with Crippen LogP contribution >= 0.6 is 0 Å². The van der Waals surface area contributed by atoms with Crippen LogP contribution < -0.4 is 5.32 Å². The first kappa shape index (κ1) is 14.4. The number of hydrogen-bond donors (Lipinski definition) is 2. The molecule has 2 heteroatoms. The van der Waals surface area contributed by atoms with Crippen LogP contribution in [-0.4, -0.2) is 23.3 Å². The molecular weight excluding hydrogens is 150 g/mol. The Kier molecular flexibility index (Phi) is 10.8. The fraction of sp³-hybridized carbons (Fsp3) is 1.00. The van der Waals surface area contributed by atoms with E-state index < -0.39 is 0 Å². The molecule has 0 amide bonds. The molecule has 0 aliphatic heterocycles. The summed E-state index contributed by atoms with van der Waals surface area (Å²) >= 11 is 0. The average molecular weight is 175 g/mol. The fourth-order valence-corrected chi connectivity index (χ4v) is 0.667. The lowest BCUT2D eigenvalue weighted by Crippen LogP contribution is -2.29. The number of nitrogens with one attached hydrogen (secondary N) is 1. The molecule has 0 aliphatic carbocycles. The number of hydrogen-bond acceptors (Lipinski definition) is 2. The van der Waals surface area contributed by atoms with E-state index in [2.05, 4.69) is 33.0 Å². The number of aliphatic hydroxyl groups excluding tert-OH is 1. The number of aliphatic hydroxyl groups is 1. The van der Waals surface area contributed by atoms with Crippen LogP contribution in [0.5, 0.6) is 0 Å². The first-order valence-electron chi connectivity index (χ1n) is 4.84. The van der Waals surface area contributed by atoms with Crippen molar-refractivity contribution < 1.29 is 5.11 Å². The Morgan fingerprint density at radius 3 is 1.25 bits per heavy atom. The van der Waals surface area contributed by atoms with Gasteiger partial charge < -0.3 is 10.4 Å². The predicted octanol–water partition coefficient (Wildman–Crippen LogP) is 2.17. The van der Waals surface area contributed by atoms with Gasteiger partial charge in [-0.05, 0) is 13.3 Å². The molecule has 0 fully saturated rings. The zero-order chi connectivity index (χ0) is 10.1. The van der Waals surface area contributed by atoms with Crippen molar-refractivity contribution in [2.24, 2.45) is 0 Å². The summed E-state index contributed by atoms with van der Waals surface area (Å²) in [6.45, 7) is 12.3. The largest absolute Gasteiger partial charge is 0.393 e. The maximum atomic E-state index is 8.36. The molecular formula is C10H25NO. The minimum Gasteiger partial charge on any atom is -0.393 e. The third kappa shape index (κ3) is 22.5. The van der Waals surface area contributed by atoms with E-state index in [9.17, 15) is 0 Å². The van der Waals surface area contributed by atoms with E-state index in [0.29, 0.717) is 12.1 Å². The fourth-order valence-electron chi connectivity index (χ4n) is 0.667. The lowest BCUT2D eigenvalue weighted by atomic mass is 10.3. The molecule has 2 nitrogen and oxygen atoms in total. The van der Waals surface area contributed by atoms with Crippen molar-refractivity contribution in [3.05, 3.63) is 0 Å². The maximum Gasteiger partial charge on any atom is 0.0509 e. The molecule has 0 heterocycles. The van der Waals surface area contributed by atoms with Gasteiger partial charge in [0.25, 0.3) is 0 Å². The summed E-state index contributed by atoms with van der Waals surface area (Å²) in [6.07, 6.45) is 0.745. The van der Waals surface area contributed by atoms with Crippen LogP contribution in [-0.2, 0) is 0 Å². The zero-order valence-electron chi connectivity index (χ0n) is 9.39. The van der Waals surface area contributed by atoms with E-state index in [0.717, 1.165) is 6.42 Å². The highest BCUT2D eigenvalue weighted by Crippen LogP contribution is 1.81. The summed E-state index contributed by atoms with van der Waals surface area (Å²) in [6, 6.07) is 1.25. The first-order valence-corrected chi connectivity index (χ1v) is 4.84.